The molecule has 4 fully saturated rings. The number of carbonyl (C=O) groups is 3. The molecular formula is C18H27N3O4. The normalized spacial score (nSPS) is 33.5. The van der Waals surface area contributed by atoms with Gasteiger partial charge in [-0.05, 0) is 12.8 Å². The highest BCUT2D eigenvalue weighted by molar-refractivity contribution is 5.98. The number of rotatable bonds is 2. The van der Waals surface area contributed by atoms with Gasteiger partial charge in [0, 0.05) is 39.1 Å². The maximum Gasteiger partial charge on any atom is 0.247 e. The summed E-state index contributed by atoms with van der Waals surface area (Å²) in [5, 5.41) is 0. The summed E-state index contributed by atoms with van der Waals surface area (Å²) < 4.78 is 5.36. The van der Waals surface area contributed by atoms with Gasteiger partial charge in [-0.2, -0.15) is 0 Å². The SMILES string of the molecule is CO[C@@H]1C[C@H]2C(=O)N3CCN(C(=O)C4CCCCC4)C[C@H]3C(=O)N2C1. The number of methoxy groups -OCH3 is 1. The molecule has 4 aliphatic rings. The van der Waals surface area contributed by atoms with Crippen LogP contribution in [0.15, 0.2) is 0 Å². The van der Waals surface area contributed by atoms with E-state index in [-0.39, 0.29) is 35.8 Å². The minimum atomic E-state index is -0.513. The molecule has 3 heterocycles. The number of hydrogen-bond donors (Lipinski definition) is 0. The van der Waals surface area contributed by atoms with Gasteiger partial charge in [0.05, 0.1) is 12.6 Å². The largest absolute Gasteiger partial charge is 0.380 e. The van der Waals surface area contributed by atoms with E-state index in [1.807, 2.05) is 4.90 Å². The first-order valence-electron chi connectivity index (χ1n) is 9.52. The summed E-state index contributed by atoms with van der Waals surface area (Å²) in [6.45, 7) is 1.84. The molecular weight excluding hydrogens is 322 g/mol. The fourth-order valence-electron chi connectivity index (χ4n) is 4.89. The number of hydrogen-bond acceptors (Lipinski definition) is 4. The summed E-state index contributed by atoms with van der Waals surface area (Å²) in [6.07, 6.45) is 5.87. The van der Waals surface area contributed by atoms with Gasteiger partial charge in [0.2, 0.25) is 17.7 Å². The van der Waals surface area contributed by atoms with Gasteiger partial charge in [0.1, 0.15) is 12.1 Å². The van der Waals surface area contributed by atoms with Gasteiger partial charge < -0.3 is 19.4 Å². The van der Waals surface area contributed by atoms with Crippen molar-refractivity contribution in [1.29, 1.82) is 0 Å². The van der Waals surface area contributed by atoms with Crippen molar-refractivity contribution in [3.8, 4) is 0 Å². The van der Waals surface area contributed by atoms with Crippen LogP contribution in [0.5, 0.6) is 0 Å². The van der Waals surface area contributed by atoms with Crippen LogP contribution in [0.25, 0.3) is 0 Å². The molecule has 0 aromatic rings. The highest BCUT2D eigenvalue weighted by atomic mass is 16.5. The Morgan fingerprint density at radius 2 is 1.68 bits per heavy atom. The average Bonchev–Trinajstić information content (AvgIpc) is 3.11. The van der Waals surface area contributed by atoms with Gasteiger partial charge in [0.25, 0.3) is 0 Å². The van der Waals surface area contributed by atoms with E-state index in [0.717, 1.165) is 25.7 Å². The maximum atomic E-state index is 12.9. The highest BCUT2D eigenvalue weighted by Crippen LogP contribution is 2.31. The van der Waals surface area contributed by atoms with Crippen molar-refractivity contribution in [2.24, 2.45) is 5.92 Å². The monoisotopic (exact) mass is 349 g/mol. The first kappa shape index (κ1) is 16.8. The minimum absolute atomic E-state index is 0.0221. The molecule has 4 rings (SSSR count). The fraction of sp³-hybridized carbons (Fsp3) is 0.833. The molecule has 3 amide bonds. The molecule has 0 unspecified atom stereocenters. The molecule has 7 heteroatoms. The first-order chi connectivity index (χ1) is 12.1. The zero-order chi connectivity index (χ0) is 17.6. The molecule has 0 aromatic carbocycles. The average molecular weight is 349 g/mol. The zero-order valence-electron chi connectivity index (χ0n) is 14.9. The Morgan fingerprint density at radius 1 is 0.960 bits per heavy atom. The molecule has 0 N–H and O–H groups in total. The lowest BCUT2D eigenvalue weighted by Gasteiger charge is -2.47. The third kappa shape index (κ3) is 2.82. The summed E-state index contributed by atoms with van der Waals surface area (Å²) in [6, 6.07) is -0.894. The third-order valence-corrected chi connectivity index (χ3v) is 6.38. The molecule has 3 saturated heterocycles. The molecule has 1 saturated carbocycles. The van der Waals surface area contributed by atoms with Gasteiger partial charge >= 0.3 is 0 Å². The van der Waals surface area contributed by atoms with Crippen LogP contribution in [0.3, 0.4) is 0 Å². The molecule has 0 spiro atoms. The van der Waals surface area contributed by atoms with Gasteiger partial charge in [-0.15, -0.1) is 0 Å². The number of ether oxygens (including phenoxy) is 1. The number of amides is 3. The fourth-order valence-corrected chi connectivity index (χ4v) is 4.89. The van der Waals surface area contributed by atoms with Crippen molar-refractivity contribution in [2.45, 2.75) is 56.7 Å². The molecule has 0 aromatic heterocycles. The Labute approximate surface area is 148 Å². The standard InChI is InChI=1S/C18H27N3O4/c1-25-13-9-14-17(23)20-8-7-19(11-15(20)18(24)21(14)10-13)16(22)12-5-3-2-4-6-12/h12-15H,2-11H2,1H3/t13-,14+,15+/m1/s1. The maximum absolute atomic E-state index is 12.9. The number of fused-ring (bicyclic) bond motifs is 2. The quantitative estimate of drug-likeness (QED) is 0.716. The second-order valence-corrected chi connectivity index (χ2v) is 7.77. The van der Waals surface area contributed by atoms with E-state index in [4.69, 9.17) is 4.74 Å². The Kier molecular flexibility index (Phi) is 4.43. The van der Waals surface area contributed by atoms with E-state index in [0.29, 0.717) is 32.6 Å². The Morgan fingerprint density at radius 3 is 2.40 bits per heavy atom. The van der Waals surface area contributed by atoms with Crippen molar-refractivity contribution in [3.63, 3.8) is 0 Å². The predicted octanol–water partition coefficient (Wildman–Crippen LogP) is 0.236. The Bertz CT molecular complexity index is 575. The lowest BCUT2D eigenvalue weighted by molar-refractivity contribution is -0.165. The molecule has 7 nitrogen and oxygen atoms in total. The third-order valence-electron chi connectivity index (χ3n) is 6.38. The molecule has 3 aliphatic heterocycles. The van der Waals surface area contributed by atoms with Crippen LogP contribution in [-0.2, 0) is 19.1 Å². The molecule has 25 heavy (non-hydrogen) atoms. The summed E-state index contributed by atoms with van der Waals surface area (Å²) in [7, 11) is 1.62. The van der Waals surface area contributed by atoms with Crippen molar-refractivity contribution in [2.75, 3.05) is 33.3 Å². The topological polar surface area (TPSA) is 70.2 Å². The van der Waals surface area contributed by atoms with Gasteiger partial charge in [-0.3, -0.25) is 14.4 Å². The zero-order valence-corrected chi connectivity index (χ0v) is 14.9. The summed E-state index contributed by atoms with van der Waals surface area (Å²) in [4.78, 5) is 43.7. The lowest BCUT2D eigenvalue weighted by atomic mass is 9.88. The van der Waals surface area contributed by atoms with E-state index in [1.165, 1.54) is 6.42 Å². The van der Waals surface area contributed by atoms with Crippen LogP contribution in [0.4, 0.5) is 0 Å². The Hall–Kier alpha value is -1.63. The second kappa shape index (κ2) is 6.59. The van der Waals surface area contributed by atoms with Crippen LogP contribution >= 0.6 is 0 Å². The number of carbonyl (C=O) groups excluding carboxylic acids is 3. The van der Waals surface area contributed by atoms with Crippen molar-refractivity contribution < 1.29 is 19.1 Å². The van der Waals surface area contributed by atoms with E-state index < -0.39 is 6.04 Å². The molecule has 1 aliphatic carbocycles. The van der Waals surface area contributed by atoms with Crippen LogP contribution < -0.4 is 0 Å². The molecule has 0 radical (unpaired) electrons. The van der Waals surface area contributed by atoms with Crippen LogP contribution in [0.1, 0.15) is 38.5 Å². The molecule has 3 atom stereocenters. The van der Waals surface area contributed by atoms with Crippen molar-refractivity contribution in [3.05, 3.63) is 0 Å². The van der Waals surface area contributed by atoms with Crippen molar-refractivity contribution in [1.82, 2.24) is 14.7 Å². The second-order valence-electron chi connectivity index (χ2n) is 7.77. The van der Waals surface area contributed by atoms with Crippen LogP contribution in [-0.4, -0.2) is 83.9 Å². The van der Waals surface area contributed by atoms with Gasteiger partial charge in [-0.1, -0.05) is 19.3 Å². The summed E-state index contributed by atoms with van der Waals surface area (Å²) in [5.41, 5.74) is 0. The first-order valence-corrected chi connectivity index (χ1v) is 9.52. The molecule has 0 bridgehead atoms. The van der Waals surface area contributed by atoms with E-state index >= 15 is 0 Å². The number of nitrogens with zero attached hydrogens (tertiary/aromatic N) is 3. The smallest absolute Gasteiger partial charge is 0.247 e. The van der Waals surface area contributed by atoms with Crippen LogP contribution in [0, 0.1) is 5.92 Å². The highest BCUT2D eigenvalue weighted by Gasteiger charge is 2.52. The van der Waals surface area contributed by atoms with Crippen molar-refractivity contribution >= 4 is 17.7 Å². The number of piperazine rings is 2. The van der Waals surface area contributed by atoms with Gasteiger partial charge in [-0.25, -0.2) is 0 Å². The minimum Gasteiger partial charge on any atom is -0.380 e. The van der Waals surface area contributed by atoms with E-state index in [1.54, 1.807) is 16.9 Å². The van der Waals surface area contributed by atoms with Gasteiger partial charge in [0.15, 0.2) is 0 Å². The van der Waals surface area contributed by atoms with Crippen LogP contribution in [0.2, 0.25) is 0 Å². The molecule has 138 valence electrons. The Balaban J connectivity index is 1.47. The summed E-state index contributed by atoms with van der Waals surface area (Å²) >= 11 is 0. The lowest BCUT2D eigenvalue weighted by Crippen LogP contribution is -2.69. The summed E-state index contributed by atoms with van der Waals surface area (Å²) in [5.74, 6) is 0.282. The predicted molar refractivity (Wildman–Crippen MR) is 89.6 cm³/mol. The van der Waals surface area contributed by atoms with E-state index in [9.17, 15) is 14.4 Å². The van der Waals surface area contributed by atoms with E-state index in [2.05, 4.69) is 0 Å².